The molecule has 0 aromatic heterocycles. The van der Waals surface area contributed by atoms with E-state index in [0.717, 1.165) is 58.5 Å². The van der Waals surface area contributed by atoms with E-state index in [4.69, 9.17) is 5.26 Å². The Morgan fingerprint density at radius 2 is 2.04 bits per heavy atom. The molecule has 2 heterocycles. The van der Waals surface area contributed by atoms with Gasteiger partial charge in [0.05, 0.1) is 11.6 Å². The fraction of sp³-hybridized carbons (Fsp3) is 0.619. The lowest BCUT2D eigenvalue weighted by molar-refractivity contribution is 0.0218. The molecule has 3 rings (SSSR count). The summed E-state index contributed by atoms with van der Waals surface area (Å²) >= 11 is 0. The largest absolute Gasteiger partial charge is 0.396 e. The van der Waals surface area contributed by atoms with Gasteiger partial charge < -0.3 is 14.9 Å². The summed E-state index contributed by atoms with van der Waals surface area (Å²) in [6, 6.07) is 9.55. The van der Waals surface area contributed by atoms with Crippen molar-refractivity contribution in [1.29, 1.82) is 5.26 Å². The van der Waals surface area contributed by atoms with Crippen molar-refractivity contribution in [3.63, 3.8) is 0 Å². The number of nitrogens with zero attached hydrogens (tertiary/aromatic N) is 4. The summed E-state index contributed by atoms with van der Waals surface area (Å²) in [5.41, 5.74) is 1.11. The molecule has 0 bridgehead atoms. The molecule has 1 N–H and O–H groups in total. The molecule has 1 aromatic carbocycles. The number of aliphatic hydroxyl groups excluding tert-OH is 1. The van der Waals surface area contributed by atoms with Gasteiger partial charge in [-0.1, -0.05) is 6.07 Å². The van der Waals surface area contributed by atoms with Crippen molar-refractivity contribution < 1.29 is 9.90 Å². The number of nitriles is 1. The standard InChI is InChI=1S/C21H30N4O2/c1-23-9-11-24(12-10-23)20-7-8-25(16-19(20)6-3-13-26)21(27)18-5-2-4-17(14-18)15-22/h2,4-5,14,19-20,26H,3,6-13,16H2,1H3/t19-,20+/m1/s1. The zero-order valence-corrected chi connectivity index (χ0v) is 16.2. The van der Waals surface area contributed by atoms with Crippen LogP contribution in [0.5, 0.6) is 0 Å². The molecule has 2 atom stereocenters. The fourth-order valence-electron chi connectivity index (χ4n) is 4.38. The van der Waals surface area contributed by atoms with Crippen LogP contribution in [0.2, 0.25) is 0 Å². The Kier molecular flexibility index (Phi) is 6.84. The number of likely N-dealkylation sites (N-methyl/N-ethyl adjacent to an activating group) is 1. The summed E-state index contributed by atoms with van der Waals surface area (Å²) in [5, 5.41) is 18.4. The van der Waals surface area contributed by atoms with Gasteiger partial charge in [-0.05, 0) is 50.4 Å². The smallest absolute Gasteiger partial charge is 0.253 e. The number of carbonyl (C=O) groups is 1. The van der Waals surface area contributed by atoms with Crippen LogP contribution in [0, 0.1) is 17.2 Å². The zero-order valence-electron chi connectivity index (χ0n) is 16.2. The van der Waals surface area contributed by atoms with Crippen molar-refractivity contribution in [3.8, 4) is 6.07 Å². The van der Waals surface area contributed by atoms with Crippen LogP contribution in [-0.2, 0) is 0 Å². The van der Waals surface area contributed by atoms with Crippen LogP contribution in [0.3, 0.4) is 0 Å². The maximum Gasteiger partial charge on any atom is 0.253 e. The lowest BCUT2D eigenvalue weighted by Gasteiger charge is -2.46. The molecule has 0 spiro atoms. The molecule has 27 heavy (non-hydrogen) atoms. The summed E-state index contributed by atoms with van der Waals surface area (Å²) < 4.78 is 0. The van der Waals surface area contributed by atoms with Crippen molar-refractivity contribution in [2.75, 3.05) is 52.9 Å². The summed E-state index contributed by atoms with van der Waals surface area (Å²) in [6.07, 6.45) is 2.69. The minimum absolute atomic E-state index is 0.0120. The molecule has 146 valence electrons. The molecule has 1 amide bonds. The van der Waals surface area contributed by atoms with Crippen molar-refractivity contribution >= 4 is 5.91 Å². The summed E-state index contributed by atoms with van der Waals surface area (Å²) in [7, 11) is 2.16. The molecule has 6 heteroatoms. The number of benzene rings is 1. The third-order valence-electron chi connectivity index (χ3n) is 5.96. The quantitative estimate of drug-likeness (QED) is 0.849. The van der Waals surface area contributed by atoms with Crippen LogP contribution in [0.1, 0.15) is 35.2 Å². The molecule has 1 aromatic rings. The molecular weight excluding hydrogens is 340 g/mol. The molecule has 2 aliphatic rings. The highest BCUT2D eigenvalue weighted by Crippen LogP contribution is 2.28. The monoisotopic (exact) mass is 370 g/mol. The van der Waals surface area contributed by atoms with Gasteiger partial charge in [0.2, 0.25) is 0 Å². The highest BCUT2D eigenvalue weighted by Gasteiger charge is 2.35. The Balaban J connectivity index is 1.69. The Morgan fingerprint density at radius 1 is 1.26 bits per heavy atom. The van der Waals surface area contributed by atoms with E-state index in [1.807, 2.05) is 4.90 Å². The van der Waals surface area contributed by atoms with Crippen molar-refractivity contribution in [1.82, 2.24) is 14.7 Å². The Hall–Kier alpha value is -1.94. The number of hydrogen-bond acceptors (Lipinski definition) is 5. The number of amides is 1. The van der Waals surface area contributed by atoms with Gasteiger partial charge in [0.15, 0.2) is 0 Å². The van der Waals surface area contributed by atoms with Crippen LogP contribution in [0.25, 0.3) is 0 Å². The molecule has 6 nitrogen and oxygen atoms in total. The molecule has 0 saturated carbocycles. The Morgan fingerprint density at radius 3 is 2.74 bits per heavy atom. The molecule has 2 aliphatic heterocycles. The molecular formula is C21H30N4O2. The van der Waals surface area contributed by atoms with E-state index in [9.17, 15) is 9.90 Å². The van der Waals surface area contributed by atoms with Crippen LogP contribution in [0.4, 0.5) is 0 Å². The SMILES string of the molecule is CN1CCN([C@H]2CCN(C(=O)c3cccc(C#N)c3)C[C@H]2CCCO)CC1. The van der Waals surface area contributed by atoms with Crippen molar-refractivity contribution in [2.45, 2.75) is 25.3 Å². The lowest BCUT2D eigenvalue weighted by Crippen LogP contribution is -2.56. The minimum atomic E-state index is 0.0120. The molecule has 0 aliphatic carbocycles. The van der Waals surface area contributed by atoms with E-state index in [-0.39, 0.29) is 12.5 Å². The maximum absolute atomic E-state index is 13.0. The van der Waals surface area contributed by atoms with Crippen LogP contribution >= 0.6 is 0 Å². The molecule has 2 fully saturated rings. The average Bonchev–Trinajstić information content (AvgIpc) is 2.72. The number of piperazine rings is 1. The number of piperidine rings is 1. The number of rotatable bonds is 5. The predicted octanol–water partition coefficient (Wildman–Crippen LogP) is 1.41. The van der Waals surface area contributed by atoms with Crippen molar-refractivity contribution in [2.24, 2.45) is 5.92 Å². The summed E-state index contributed by atoms with van der Waals surface area (Å²) in [4.78, 5) is 19.8. The van der Waals surface area contributed by atoms with Gasteiger partial charge in [-0.25, -0.2) is 0 Å². The highest BCUT2D eigenvalue weighted by molar-refractivity contribution is 5.94. The topological polar surface area (TPSA) is 70.8 Å². The third-order valence-corrected chi connectivity index (χ3v) is 5.96. The fourth-order valence-corrected chi connectivity index (χ4v) is 4.38. The number of hydrogen-bond donors (Lipinski definition) is 1. The van der Waals surface area contributed by atoms with Gasteiger partial charge >= 0.3 is 0 Å². The zero-order chi connectivity index (χ0) is 19.2. The Labute approximate surface area is 162 Å². The van der Waals surface area contributed by atoms with Gasteiger partial charge in [0, 0.05) is 57.5 Å². The predicted molar refractivity (Wildman–Crippen MR) is 104 cm³/mol. The van der Waals surface area contributed by atoms with Crippen LogP contribution in [-0.4, -0.2) is 84.7 Å². The van der Waals surface area contributed by atoms with E-state index in [1.54, 1.807) is 24.3 Å². The van der Waals surface area contributed by atoms with Gasteiger partial charge in [0.1, 0.15) is 0 Å². The second-order valence-electron chi connectivity index (χ2n) is 7.76. The molecule has 0 radical (unpaired) electrons. The summed E-state index contributed by atoms with van der Waals surface area (Å²) in [6.45, 7) is 6.02. The average molecular weight is 370 g/mol. The normalized spacial score (nSPS) is 24.6. The Bertz CT molecular complexity index is 679. The van der Waals surface area contributed by atoms with Gasteiger partial charge in [-0.3, -0.25) is 9.69 Å². The second kappa shape index (κ2) is 9.32. The highest BCUT2D eigenvalue weighted by atomic mass is 16.3. The molecule has 0 unspecified atom stereocenters. The van der Waals surface area contributed by atoms with Crippen LogP contribution in [0.15, 0.2) is 24.3 Å². The third kappa shape index (κ3) is 4.86. The molecule has 2 saturated heterocycles. The number of likely N-dealkylation sites (tertiary alicyclic amines) is 1. The first kappa shape index (κ1) is 19.8. The van der Waals surface area contributed by atoms with E-state index < -0.39 is 0 Å². The van der Waals surface area contributed by atoms with Crippen LogP contribution < -0.4 is 0 Å². The maximum atomic E-state index is 13.0. The number of aliphatic hydroxyl groups is 1. The first-order valence-electron chi connectivity index (χ1n) is 9.95. The van der Waals surface area contributed by atoms with E-state index >= 15 is 0 Å². The number of carbonyl (C=O) groups excluding carboxylic acids is 1. The van der Waals surface area contributed by atoms with E-state index in [2.05, 4.69) is 22.9 Å². The van der Waals surface area contributed by atoms with Gasteiger partial charge in [-0.15, -0.1) is 0 Å². The van der Waals surface area contributed by atoms with E-state index in [1.165, 1.54) is 0 Å². The second-order valence-corrected chi connectivity index (χ2v) is 7.76. The lowest BCUT2D eigenvalue weighted by atomic mass is 9.86. The minimum Gasteiger partial charge on any atom is -0.396 e. The van der Waals surface area contributed by atoms with E-state index in [0.29, 0.717) is 23.1 Å². The first-order chi connectivity index (χ1) is 13.1. The summed E-state index contributed by atoms with van der Waals surface area (Å²) in [5.74, 6) is 0.398. The first-order valence-corrected chi connectivity index (χ1v) is 9.95. The van der Waals surface area contributed by atoms with Gasteiger partial charge in [-0.2, -0.15) is 5.26 Å². The van der Waals surface area contributed by atoms with Crippen molar-refractivity contribution in [3.05, 3.63) is 35.4 Å². The van der Waals surface area contributed by atoms with Gasteiger partial charge in [0.25, 0.3) is 5.91 Å².